The third-order valence-electron chi connectivity index (χ3n) is 4.71. The zero-order valence-electron chi connectivity index (χ0n) is 15.6. The van der Waals surface area contributed by atoms with E-state index in [1.807, 2.05) is 0 Å². The highest BCUT2D eigenvalue weighted by Crippen LogP contribution is 2.25. The number of anilines is 1. The minimum absolute atomic E-state index is 0.0254. The second-order valence-electron chi connectivity index (χ2n) is 6.68. The van der Waals surface area contributed by atoms with Gasteiger partial charge in [0.1, 0.15) is 5.82 Å². The van der Waals surface area contributed by atoms with Crippen LogP contribution in [0, 0.1) is 11.7 Å². The van der Waals surface area contributed by atoms with Crippen molar-refractivity contribution in [1.29, 1.82) is 0 Å². The molecule has 1 aliphatic rings. The standard InChI is InChI=1S/C20H22FN3O4/c1-2-28-20(27)18-16(22-19(26)13-6-4-3-5-7-13)12-17(25)24(23-18)15-10-8-14(21)9-11-15/h8-13H,2-7H2,1H3,(H,22,26). The molecule has 1 aromatic heterocycles. The molecule has 1 saturated carbocycles. The molecule has 148 valence electrons. The van der Waals surface area contributed by atoms with Crippen molar-refractivity contribution in [3.63, 3.8) is 0 Å². The number of nitrogens with one attached hydrogen (secondary N) is 1. The quantitative estimate of drug-likeness (QED) is 0.797. The average Bonchev–Trinajstić information content (AvgIpc) is 2.70. The van der Waals surface area contributed by atoms with Crippen LogP contribution in [0.5, 0.6) is 0 Å². The topological polar surface area (TPSA) is 90.3 Å². The highest BCUT2D eigenvalue weighted by molar-refractivity contribution is 6.00. The first kappa shape index (κ1) is 19.7. The Morgan fingerprint density at radius 3 is 2.54 bits per heavy atom. The molecule has 0 aliphatic heterocycles. The van der Waals surface area contributed by atoms with Crippen LogP contribution in [0.15, 0.2) is 35.1 Å². The van der Waals surface area contributed by atoms with Crippen molar-refractivity contribution in [3.8, 4) is 5.69 Å². The Balaban J connectivity index is 1.97. The van der Waals surface area contributed by atoms with E-state index in [1.54, 1.807) is 6.92 Å². The molecule has 7 nitrogen and oxygen atoms in total. The van der Waals surface area contributed by atoms with Gasteiger partial charge in [0.25, 0.3) is 5.56 Å². The fraction of sp³-hybridized carbons (Fsp3) is 0.400. The van der Waals surface area contributed by atoms with E-state index < -0.39 is 17.3 Å². The third kappa shape index (κ3) is 4.44. The molecule has 0 unspecified atom stereocenters. The molecular formula is C20H22FN3O4. The van der Waals surface area contributed by atoms with Crippen molar-refractivity contribution in [2.75, 3.05) is 11.9 Å². The number of hydrogen-bond acceptors (Lipinski definition) is 5. The molecule has 0 radical (unpaired) electrons. The van der Waals surface area contributed by atoms with Gasteiger partial charge in [-0.25, -0.2) is 9.18 Å². The molecule has 0 saturated heterocycles. The fourth-order valence-electron chi connectivity index (χ4n) is 3.27. The van der Waals surface area contributed by atoms with E-state index in [4.69, 9.17) is 4.74 Å². The highest BCUT2D eigenvalue weighted by Gasteiger charge is 2.25. The van der Waals surface area contributed by atoms with E-state index in [9.17, 15) is 18.8 Å². The van der Waals surface area contributed by atoms with Crippen LogP contribution in [0.1, 0.15) is 49.5 Å². The second kappa shape index (κ2) is 8.77. The van der Waals surface area contributed by atoms with Crippen LogP contribution >= 0.6 is 0 Å². The molecule has 8 heteroatoms. The molecule has 1 amide bonds. The van der Waals surface area contributed by atoms with E-state index in [1.165, 1.54) is 24.3 Å². The van der Waals surface area contributed by atoms with Gasteiger partial charge in [-0.05, 0) is 44.0 Å². The van der Waals surface area contributed by atoms with Gasteiger partial charge < -0.3 is 10.1 Å². The van der Waals surface area contributed by atoms with Gasteiger partial charge in [-0.15, -0.1) is 0 Å². The summed E-state index contributed by atoms with van der Waals surface area (Å²) in [6.45, 7) is 1.76. The lowest BCUT2D eigenvalue weighted by Crippen LogP contribution is -2.30. The van der Waals surface area contributed by atoms with Gasteiger partial charge >= 0.3 is 5.97 Å². The molecular weight excluding hydrogens is 365 g/mol. The van der Waals surface area contributed by atoms with E-state index in [-0.39, 0.29) is 29.8 Å². The largest absolute Gasteiger partial charge is 0.461 e. The number of rotatable bonds is 5. The van der Waals surface area contributed by atoms with Gasteiger partial charge in [-0.1, -0.05) is 19.3 Å². The van der Waals surface area contributed by atoms with Crippen molar-refractivity contribution in [3.05, 3.63) is 52.2 Å². The molecule has 1 N–H and O–H groups in total. The lowest BCUT2D eigenvalue weighted by molar-refractivity contribution is -0.120. The zero-order valence-corrected chi connectivity index (χ0v) is 15.6. The number of carbonyl (C=O) groups is 2. The average molecular weight is 387 g/mol. The van der Waals surface area contributed by atoms with Crippen molar-refractivity contribution >= 4 is 17.6 Å². The molecule has 1 aromatic carbocycles. The summed E-state index contributed by atoms with van der Waals surface area (Å²) in [5, 5.41) is 6.75. The number of hydrogen-bond donors (Lipinski definition) is 1. The van der Waals surface area contributed by atoms with E-state index >= 15 is 0 Å². The van der Waals surface area contributed by atoms with Crippen molar-refractivity contribution in [1.82, 2.24) is 9.78 Å². The molecule has 3 rings (SSSR count). The van der Waals surface area contributed by atoms with Crippen LogP contribution in [0.2, 0.25) is 0 Å². The van der Waals surface area contributed by atoms with Gasteiger partial charge in [0.05, 0.1) is 18.0 Å². The minimum Gasteiger partial charge on any atom is -0.461 e. The maximum Gasteiger partial charge on any atom is 0.360 e. The zero-order chi connectivity index (χ0) is 20.1. The summed E-state index contributed by atoms with van der Waals surface area (Å²) >= 11 is 0. The number of amides is 1. The summed E-state index contributed by atoms with van der Waals surface area (Å²) < 4.78 is 19.2. The van der Waals surface area contributed by atoms with Gasteiger partial charge in [0, 0.05) is 12.0 Å². The number of carbonyl (C=O) groups excluding carboxylic acids is 2. The van der Waals surface area contributed by atoms with Gasteiger partial charge in [-0.2, -0.15) is 9.78 Å². The van der Waals surface area contributed by atoms with Crippen LogP contribution < -0.4 is 10.9 Å². The number of benzene rings is 1. The Hall–Kier alpha value is -3.03. The molecule has 0 bridgehead atoms. The maximum atomic E-state index is 13.2. The number of ether oxygens (including phenoxy) is 1. The SMILES string of the molecule is CCOC(=O)c1nn(-c2ccc(F)cc2)c(=O)cc1NC(=O)C1CCCCC1. The molecule has 28 heavy (non-hydrogen) atoms. The lowest BCUT2D eigenvalue weighted by atomic mass is 9.88. The second-order valence-corrected chi connectivity index (χ2v) is 6.68. The van der Waals surface area contributed by atoms with Crippen LogP contribution in [-0.4, -0.2) is 28.3 Å². The summed E-state index contributed by atoms with van der Waals surface area (Å²) in [5.41, 5.74) is -0.409. The van der Waals surface area contributed by atoms with Crippen LogP contribution in [0.3, 0.4) is 0 Å². The first-order chi connectivity index (χ1) is 13.5. The Labute approximate surface area is 161 Å². The number of halogens is 1. The smallest absolute Gasteiger partial charge is 0.360 e. The highest BCUT2D eigenvalue weighted by atomic mass is 19.1. The maximum absolute atomic E-state index is 13.2. The molecule has 1 fully saturated rings. The fourth-order valence-corrected chi connectivity index (χ4v) is 3.27. The van der Waals surface area contributed by atoms with E-state index in [2.05, 4.69) is 10.4 Å². The van der Waals surface area contributed by atoms with Gasteiger partial charge in [-0.3, -0.25) is 9.59 Å². The van der Waals surface area contributed by atoms with Crippen molar-refractivity contribution in [2.24, 2.45) is 5.92 Å². The van der Waals surface area contributed by atoms with Crippen molar-refractivity contribution in [2.45, 2.75) is 39.0 Å². The number of nitrogens with zero attached hydrogens (tertiary/aromatic N) is 2. The molecule has 0 atom stereocenters. The minimum atomic E-state index is -0.752. The van der Waals surface area contributed by atoms with Crippen LogP contribution in [-0.2, 0) is 9.53 Å². The van der Waals surface area contributed by atoms with Crippen molar-refractivity contribution < 1.29 is 18.7 Å². The molecule has 0 spiro atoms. The van der Waals surface area contributed by atoms with Crippen LogP contribution in [0.25, 0.3) is 5.69 Å². The first-order valence-electron chi connectivity index (χ1n) is 9.38. The monoisotopic (exact) mass is 387 g/mol. The number of aromatic nitrogens is 2. The number of esters is 1. The Bertz CT molecular complexity index is 918. The normalized spacial score (nSPS) is 14.5. The Morgan fingerprint density at radius 1 is 1.21 bits per heavy atom. The Kier molecular flexibility index (Phi) is 6.18. The molecule has 2 aromatic rings. The van der Waals surface area contributed by atoms with E-state index in [0.29, 0.717) is 5.69 Å². The predicted octanol–water partition coefficient (Wildman–Crippen LogP) is 3.07. The van der Waals surface area contributed by atoms with Gasteiger partial charge in [0.2, 0.25) is 5.91 Å². The Morgan fingerprint density at radius 2 is 1.89 bits per heavy atom. The summed E-state index contributed by atoms with van der Waals surface area (Å²) in [6, 6.07) is 6.26. The molecule has 1 heterocycles. The summed E-state index contributed by atoms with van der Waals surface area (Å²) in [6.07, 6.45) is 4.62. The van der Waals surface area contributed by atoms with Gasteiger partial charge in [0.15, 0.2) is 5.69 Å². The molecule has 1 aliphatic carbocycles. The summed E-state index contributed by atoms with van der Waals surface area (Å²) in [4.78, 5) is 37.4. The third-order valence-corrected chi connectivity index (χ3v) is 4.71. The predicted molar refractivity (Wildman–Crippen MR) is 101 cm³/mol. The first-order valence-corrected chi connectivity index (χ1v) is 9.38. The summed E-state index contributed by atoms with van der Waals surface area (Å²) in [5.74, 6) is -1.59. The summed E-state index contributed by atoms with van der Waals surface area (Å²) in [7, 11) is 0. The van der Waals surface area contributed by atoms with E-state index in [0.717, 1.165) is 42.9 Å². The lowest BCUT2D eigenvalue weighted by Gasteiger charge is -2.21. The van der Waals surface area contributed by atoms with Crippen LogP contribution in [0.4, 0.5) is 10.1 Å².